The first-order valence-electron chi connectivity index (χ1n) is 7.89. The van der Waals surface area contributed by atoms with Gasteiger partial charge in [0.05, 0.1) is 6.20 Å². The Morgan fingerprint density at radius 1 is 1.00 bits per heavy atom. The predicted molar refractivity (Wildman–Crippen MR) is 94.8 cm³/mol. The Balaban J connectivity index is 1.57. The van der Waals surface area contributed by atoms with Gasteiger partial charge in [-0.25, -0.2) is 0 Å². The predicted octanol–water partition coefficient (Wildman–Crippen LogP) is 2.56. The molecule has 0 aliphatic rings. The van der Waals surface area contributed by atoms with E-state index in [1.54, 1.807) is 6.20 Å². The second kappa shape index (κ2) is 8.01. The summed E-state index contributed by atoms with van der Waals surface area (Å²) in [6, 6.07) is 14.2. The molecule has 122 valence electrons. The molecule has 0 bridgehead atoms. The molecule has 2 heterocycles. The van der Waals surface area contributed by atoms with Crippen LogP contribution in [0, 0.1) is 0 Å². The Morgan fingerprint density at radius 2 is 1.79 bits per heavy atom. The molecule has 2 aromatic heterocycles. The fraction of sp³-hybridized carbons (Fsp3) is 0.222. The number of hydrogen-bond donors (Lipinski definition) is 1. The second-order valence-corrected chi connectivity index (χ2v) is 5.50. The van der Waals surface area contributed by atoms with Gasteiger partial charge in [0.25, 0.3) is 0 Å². The lowest BCUT2D eigenvalue weighted by atomic mass is 10.2. The number of rotatable bonds is 7. The molecule has 0 saturated carbocycles. The van der Waals surface area contributed by atoms with Crippen molar-refractivity contribution in [2.45, 2.75) is 13.0 Å². The molecule has 0 radical (unpaired) electrons. The summed E-state index contributed by atoms with van der Waals surface area (Å²) in [6.07, 6.45) is 6.23. The molecule has 0 aliphatic heterocycles. The van der Waals surface area contributed by atoms with Crippen molar-refractivity contribution in [1.29, 1.82) is 0 Å². The fourth-order valence-electron chi connectivity index (χ4n) is 2.29. The van der Waals surface area contributed by atoms with E-state index in [9.17, 15) is 0 Å². The van der Waals surface area contributed by atoms with Gasteiger partial charge in [-0.3, -0.25) is 4.98 Å². The Hall–Kier alpha value is -3.02. The maximum Gasteiger partial charge on any atom is 0.244 e. The van der Waals surface area contributed by atoms with Gasteiger partial charge in [0, 0.05) is 32.5 Å². The third-order valence-corrected chi connectivity index (χ3v) is 3.72. The molecule has 6 nitrogen and oxygen atoms in total. The van der Waals surface area contributed by atoms with Crippen LogP contribution in [-0.4, -0.2) is 33.8 Å². The Bertz CT molecular complexity index is 748. The summed E-state index contributed by atoms with van der Waals surface area (Å²) in [5, 5.41) is 11.3. The first-order valence-corrected chi connectivity index (χ1v) is 7.89. The molecule has 1 N–H and O–H groups in total. The van der Waals surface area contributed by atoms with Gasteiger partial charge >= 0.3 is 0 Å². The van der Waals surface area contributed by atoms with E-state index in [1.165, 1.54) is 11.1 Å². The highest BCUT2D eigenvalue weighted by molar-refractivity contribution is 5.40. The monoisotopic (exact) mass is 320 g/mol. The van der Waals surface area contributed by atoms with Gasteiger partial charge in [0.1, 0.15) is 0 Å². The molecule has 0 amide bonds. The number of nitrogens with one attached hydrogen (secondary N) is 1. The fourth-order valence-corrected chi connectivity index (χ4v) is 2.29. The smallest absolute Gasteiger partial charge is 0.244 e. The topological polar surface area (TPSA) is 66.8 Å². The van der Waals surface area contributed by atoms with Gasteiger partial charge in [0.2, 0.25) is 5.95 Å². The molecule has 0 atom stereocenters. The van der Waals surface area contributed by atoms with Crippen LogP contribution in [0.15, 0.2) is 61.1 Å². The summed E-state index contributed by atoms with van der Waals surface area (Å²) < 4.78 is 0. The van der Waals surface area contributed by atoms with E-state index in [1.807, 2.05) is 49.8 Å². The molecular formula is C18H20N6. The number of hydrogen-bond acceptors (Lipinski definition) is 6. The average Bonchev–Trinajstić information content (AvgIpc) is 2.66. The highest BCUT2D eigenvalue weighted by Crippen LogP contribution is 2.11. The summed E-state index contributed by atoms with van der Waals surface area (Å²) in [6.45, 7) is 1.52. The van der Waals surface area contributed by atoms with Crippen molar-refractivity contribution in [2.24, 2.45) is 0 Å². The minimum Gasteiger partial charge on any atom is -0.358 e. The quantitative estimate of drug-likeness (QED) is 0.722. The van der Waals surface area contributed by atoms with Crippen LogP contribution in [-0.2, 0) is 13.0 Å². The van der Waals surface area contributed by atoms with Gasteiger partial charge in [-0.15, -0.1) is 5.10 Å². The zero-order chi connectivity index (χ0) is 16.6. The number of pyridine rings is 1. The van der Waals surface area contributed by atoms with Gasteiger partial charge in [-0.05, 0) is 29.7 Å². The second-order valence-electron chi connectivity index (χ2n) is 5.50. The summed E-state index contributed by atoms with van der Waals surface area (Å²) in [5.74, 6) is 1.33. The minimum absolute atomic E-state index is 0.534. The van der Waals surface area contributed by atoms with Crippen molar-refractivity contribution in [3.05, 3.63) is 72.2 Å². The summed E-state index contributed by atoms with van der Waals surface area (Å²) >= 11 is 0. The molecule has 3 aromatic rings. The molecule has 3 rings (SSSR count). The molecule has 0 unspecified atom stereocenters. The van der Waals surface area contributed by atoms with Crippen molar-refractivity contribution < 1.29 is 0 Å². The van der Waals surface area contributed by atoms with Gasteiger partial charge in [0.15, 0.2) is 5.82 Å². The Morgan fingerprint density at radius 3 is 2.58 bits per heavy atom. The van der Waals surface area contributed by atoms with Crippen LogP contribution in [0.2, 0.25) is 0 Å². The van der Waals surface area contributed by atoms with E-state index >= 15 is 0 Å². The summed E-state index contributed by atoms with van der Waals surface area (Å²) in [7, 11) is 2.01. The number of likely N-dealkylation sites (N-methyl/N-ethyl adjacent to an activating group) is 1. The van der Waals surface area contributed by atoms with Crippen LogP contribution in [0.1, 0.15) is 11.1 Å². The standard InChI is InChI=1S/C18H20N6/c1-24(12-9-15-7-10-19-11-8-15)17-14-21-23-18(22-17)20-13-16-5-3-2-4-6-16/h2-8,10-11,14H,9,12-13H2,1H3,(H,20,22,23). The molecule has 0 fully saturated rings. The first kappa shape index (κ1) is 15.9. The van der Waals surface area contributed by atoms with E-state index < -0.39 is 0 Å². The Kier molecular flexibility index (Phi) is 5.29. The SMILES string of the molecule is CN(CCc1ccncc1)c1cnnc(NCc2ccccc2)n1. The lowest BCUT2D eigenvalue weighted by molar-refractivity contribution is 0.835. The van der Waals surface area contributed by atoms with E-state index in [-0.39, 0.29) is 0 Å². The van der Waals surface area contributed by atoms with Crippen LogP contribution in [0.5, 0.6) is 0 Å². The first-order chi connectivity index (χ1) is 11.8. The molecule has 0 saturated heterocycles. The lowest BCUT2D eigenvalue weighted by Gasteiger charge is -2.18. The van der Waals surface area contributed by atoms with Crippen LogP contribution in [0.25, 0.3) is 0 Å². The molecule has 0 spiro atoms. The molecule has 6 heteroatoms. The largest absolute Gasteiger partial charge is 0.358 e. The van der Waals surface area contributed by atoms with Gasteiger partial charge in [-0.2, -0.15) is 10.1 Å². The van der Waals surface area contributed by atoms with E-state index in [0.717, 1.165) is 18.8 Å². The van der Waals surface area contributed by atoms with Crippen LogP contribution in [0.4, 0.5) is 11.8 Å². The Labute approximate surface area is 141 Å². The van der Waals surface area contributed by atoms with Crippen molar-refractivity contribution >= 4 is 11.8 Å². The number of benzene rings is 1. The zero-order valence-electron chi connectivity index (χ0n) is 13.6. The van der Waals surface area contributed by atoms with Gasteiger partial charge in [-0.1, -0.05) is 30.3 Å². The third-order valence-electron chi connectivity index (χ3n) is 3.72. The number of anilines is 2. The minimum atomic E-state index is 0.534. The van der Waals surface area contributed by atoms with Crippen molar-refractivity contribution in [3.8, 4) is 0 Å². The summed E-state index contributed by atoms with van der Waals surface area (Å²) in [5.41, 5.74) is 2.43. The normalized spacial score (nSPS) is 10.4. The zero-order valence-corrected chi connectivity index (χ0v) is 13.6. The maximum atomic E-state index is 4.53. The number of aromatic nitrogens is 4. The molecule has 0 aliphatic carbocycles. The van der Waals surface area contributed by atoms with Crippen LogP contribution >= 0.6 is 0 Å². The van der Waals surface area contributed by atoms with E-state index in [4.69, 9.17) is 0 Å². The number of nitrogens with zero attached hydrogens (tertiary/aromatic N) is 5. The van der Waals surface area contributed by atoms with Crippen LogP contribution < -0.4 is 10.2 Å². The van der Waals surface area contributed by atoms with Crippen LogP contribution in [0.3, 0.4) is 0 Å². The maximum absolute atomic E-state index is 4.53. The highest BCUT2D eigenvalue weighted by atomic mass is 15.3. The summed E-state index contributed by atoms with van der Waals surface area (Å²) in [4.78, 5) is 10.6. The van der Waals surface area contributed by atoms with E-state index in [0.29, 0.717) is 12.5 Å². The van der Waals surface area contributed by atoms with Crippen molar-refractivity contribution in [1.82, 2.24) is 20.2 Å². The molecule has 1 aromatic carbocycles. The highest BCUT2D eigenvalue weighted by Gasteiger charge is 2.06. The average molecular weight is 320 g/mol. The third kappa shape index (κ3) is 4.49. The molecular weight excluding hydrogens is 300 g/mol. The van der Waals surface area contributed by atoms with E-state index in [2.05, 4.69) is 42.5 Å². The van der Waals surface area contributed by atoms with Crippen molar-refractivity contribution in [2.75, 3.05) is 23.8 Å². The lowest BCUT2D eigenvalue weighted by Crippen LogP contribution is -2.22. The molecule has 24 heavy (non-hydrogen) atoms. The van der Waals surface area contributed by atoms with Crippen molar-refractivity contribution in [3.63, 3.8) is 0 Å². The van der Waals surface area contributed by atoms with Gasteiger partial charge < -0.3 is 10.2 Å².